The van der Waals surface area contributed by atoms with Gasteiger partial charge in [-0.2, -0.15) is 5.26 Å². The van der Waals surface area contributed by atoms with E-state index in [4.69, 9.17) is 18.9 Å². The molecule has 0 bridgehead atoms. The van der Waals surface area contributed by atoms with Gasteiger partial charge in [-0.25, -0.2) is 4.79 Å². The van der Waals surface area contributed by atoms with Crippen LogP contribution >= 0.6 is 34.0 Å². The molecule has 404 valence electrons. The minimum Gasteiger partial charge on any atom is -0.493 e. The Morgan fingerprint density at radius 1 is 0.632 bits per heavy atom. The number of hydrogen-bond donors (Lipinski definition) is 1. The Morgan fingerprint density at radius 3 is 1.61 bits per heavy atom. The summed E-state index contributed by atoms with van der Waals surface area (Å²) in [5, 5.41) is 19.6. The number of thiophene rings is 3. The first-order valence-electron chi connectivity index (χ1n) is 28.6. The fraction of sp³-hybridized carbons (Fsp3) is 0.477. The van der Waals surface area contributed by atoms with Crippen LogP contribution in [0.2, 0.25) is 0 Å². The van der Waals surface area contributed by atoms with Gasteiger partial charge in [0.2, 0.25) is 0 Å². The first-order valence-corrected chi connectivity index (χ1v) is 31.1. The number of rotatable bonds is 31. The van der Waals surface area contributed by atoms with E-state index in [0.29, 0.717) is 25.0 Å². The standard InChI is InChI=1S/C65H80N2O6S3/c1-7-13-17-19-35-65(36-20-18-14-8-2)55-40-54(39-48(42-66)64(68)69)74-61(55)62-56(65)41-57(75-62)63-59-58(70-37-38-71-59)60(76-63)47-23-25-49(26-24-47)67(50-27-31-52(32-28-50)72-43-45(11-5)21-15-9-3)51-29-33-53(34-30-51)73-44-46(12-6)22-16-10-4/h23-34,39-41,45-46H,7-22,35-38,43-44H2,1-6H3,(H,68,69)/b48-39-. The zero-order chi connectivity index (χ0) is 53.4. The highest BCUT2D eigenvalue weighted by Crippen LogP contribution is 2.63. The summed E-state index contributed by atoms with van der Waals surface area (Å²) in [6.45, 7) is 16.0. The lowest BCUT2D eigenvalue weighted by Crippen LogP contribution is -2.25. The van der Waals surface area contributed by atoms with Crippen LogP contribution in [0.3, 0.4) is 0 Å². The largest absolute Gasteiger partial charge is 0.493 e. The average Bonchev–Trinajstić information content (AvgIpc) is 4.28. The fourth-order valence-corrected chi connectivity index (χ4v) is 14.9. The molecular weight excluding hydrogens is 1000 g/mol. The Kier molecular flexibility index (Phi) is 20.6. The Morgan fingerprint density at radius 2 is 1.12 bits per heavy atom. The van der Waals surface area contributed by atoms with Crippen LogP contribution < -0.4 is 23.8 Å². The number of nitriles is 1. The highest BCUT2D eigenvalue weighted by Gasteiger charge is 2.46. The van der Waals surface area contributed by atoms with Crippen molar-refractivity contribution < 1.29 is 28.8 Å². The van der Waals surface area contributed by atoms with Gasteiger partial charge in [-0.1, -0.05) is 144 Å². The zero-order valence-corrected chi connectivity index (χ0v) is 48.4. The SMILES string of the molecule is CCCCCCC1(CCCCCC)c2cc(/C=C(/C#N)C(=O)O)sc2-c2sc(-c3sc(-c4ccc(N(c5ccc(OCC(CC)CCCC)cc5)c5ccc(OCC(CC)CCCC)cc5)cc4)c4c3OCCO4)cc21. The topological polar surface area (TPSA) is 101 Å². The quantitative estimate of drug-likeness (QED) is 0.0261. The summed E-state index contributed by atoms with van der Waals surface area (Å²) in [6, 6.07) is 32.4. The molecule has 2 unspecified atom stereocenters. The molecule has 3 aromatic heterocycles. The number of benzene rings is 3. The highest BCUT2D eigenvalue weighted by molar-refractivity contribution is 7.28. The smallest absolute Gasteiger partial charge is 0.346 e. The number of aliphatic carboxylic acids is 1. The maximum atomic E-state index is 12.0. The summed E-state index contributed by atoms with van der Waals surface area (Å²) >= 11 is 5.17. The van der Waals surface area contributed by atoms with Crippen molar-refractivity contribution in [3.8, 4) is 59.0 Å². The molecule has 0 saturated heterocycles. The lowest BCUT2D eigenvalue weighted by molar-refractivity contribution is -0.132. The van der Waals surface area contributed by atoms with E-state index in [1.54, 1.807) is 28.7 Å². The lowest BCUT2D eigenvalue weighted by Gasteiger charge is -2.31. The Balaban J connectivity index is 1.14. The van der Waals surface area contributed by atoms with Crippen LogP contribution in [0.1, 0.15) is 173 Å². The second-order valence-electron chi connectivity index (χ2n) is 20.9. The molecule has 2 aliphatic rings. The third kappa shape index (κ3) is 13.2. The molecule has 1 aliphatic carbocycles. The van der Waals surface area contributed by atoms with Crippen LogP contribution in [-0.2, 0) is 10.2 Å². The number of anilines is 3. The molecule has 1 N–H and O–H groups in total. The molecule has 1 aliphatic heterocycles. The summed E-state index contributed by atoms with van der Waals surface area (Å²) in [6.07, 6.45) is 22.4. The fourth-order valence-electron chi connectivity index (χ4n) is 11.0. The second kappa shape index (κ2) is 27.7. The molecule has 2 atom stereocenters. The Labute approximate surface area is 465 Å². The van der Waals surface area contributed by atoms with Crippen LogP contribution in [-0.4, -0.2) is 37.5 Å². The molecule has 11 heteroatoms. The maximum absolute atomic E-state index is 12.0. The molecule has 0 amide bonds. The van der Waals surface area contributed by atoms with E-state index < -0.39 is 5.97 Å². The van der Waals surface area contributed by atoms with Crippen LogP contribution in [0.25, 0.3) is 36.0 Å². The van der Waals surface area contributed by atoms with E-state index in [9.17, 15) is 15.2 Å². The van der Waals surface area contributed by atoms with Crippen molar-refractivity contribution >= 4 is 63.1 Å². The van der Waals surface area contributed by atoms with Crippen LogP contribution in [0, 0.1) is 23.2 Å². The van der Waals surface area contributed by atoms with E-state index >= 15 is 0 Å². The molecule has 4 heterocycles. The molecule has 0 saturated carbocycles. The van der Waals surface area contributed by atoms with Gasteiger partial charge in [0.05, 0.1) is 23.0 Å². The van der Waals surface area contributed by atoms with Gasteiger partial charge in [-0.3, -0.25) is 0 Å². The van der Waals surface area contributed by atoms with Crippen molar-refractivity contribution in [2.24, 2.45) is 11.8 Å². The number of unbranched alkanes of at least 4 members (excludes halogenated alkanes) is 8. The van der Waals surface area contributed by atoms with E-state index in [1.165, 1.54) is 97.9 Å². The van der Waals surface area contributed by atoms with Crippen molar-refractivity contribution in [2.75, 3.05) is 31.3 Å². The van der Waals surface area contributed by atoms with Crippen molar-refractivity contribution in [2.45, 2.75) is 163 Å². The molecular formula is C65H80N2O6S3. The van der Waals surface area contributed by atoms with Gasteiger partial charge in [0, 0.05) is 42.0 Å². The van der Waals surface area contributed by atoms with Gasteiger partial charge >= 0.3 is 5.97 Å². The highest BCUT2D eigenvalue weighted by atomic mass is 32.1. The third-order valence-electron chi connectivity index (χ3n) is 15.5. The zero-order valence-electron chi connectivity index (χ0n) is 46.0. The molecule has 76 heavy (non-hydrogen) atoms. The number of carboxylic acid groups (broad SMARTS) is 1. The van der Waals surface area contributed by atoms with Crippen LogP contribution in [0.5, 0.6) is 23.0 Å². The maximum Gasteiger partial charge on any atom is 0.346 e. The molecule has 0 fully saturated rings. The van der Waals surface area contributed by atoms with Crippen molar-refractivity contribution in [3.63, 3.8) is 0 Å². The van der Waals surface area contributed by atoms with Gasteiger partial charge < -0.3 is 29.0 Å². The van der Waals surface area contributed by atoms with Gasteiger partial charge in [-0.15, -0.1) is 34.0 Å². The Hall–Kier alpha value is -5.54. The third-order valence-corrected chi connectivity index (χ3v) is 19.3. The molecule has 0 radical (unpaired) electrons. The normalized spacial score (nSPS) is 14.2. The molecule has 8 rings (SSSR count). The average molecular weight is 1080 g/mol. The minimum atomic E-state index is -1.20. The summed E-state index contributed by atoms with van der Waals surface area (Å²) in [7, 11) is 0. The second-order valence-corrected chi connectivity index (χ2v) is 24.0. The first kappa shape index (κ1) is 56.7. The molecule has 8 nitrogen and oxygen atoms in total. The molecule has 0 spiro atoms. The Bertz CT molecular complexity index is 2790. The number of carboxylic acids is 1. The summed E-state index contributed by atoms with van der Waals surface area (Å²) in [4.78, 5) is 20.9. The number of ether oxygens (including phenoxy) is 4. The van der Waals surface area contributed by atoms with E-state index in [0.717, 1.165) is 117 Å². The summed E-state index contributed by atoms with van der Waals surface area (Å²) < 4.78 is 25.9. The molecule has 3 aromatic carbocycles. The van der Waals surface area contributed by atoms with E-state index in [-0.39, 0.29) is 11.0 Å². The number of fused-ring (bicyclic) bond motifs is 4. The summed E-state index contributed by atoms with van der Waals surface area (Å²) in [5.74, 6) is 3.27. The van der Waals surface area contributed by atoms with Gasteiger partial charge in [0.1, 0.15) is 36.4 Å². The van der Waals surface area contributed by atoms with Crippen LogP contribution in [0.4, 0.5) is 17.1 Å². The predicted molar refractivity (Wildman–Crippen MR) is 319 cm³/mol. The lowest BCUT2D eigenvalue weighted by atomic mass is 9.71. The number of nitrogens with zero attached hydrogens (tertiary/aromatic N) is 2. The van der Waals surface area contributed by atoms with Crippen molar-refractivity contribution in [1.29, 1.82) is 5.26 Å². The van der Waals surface area contributed by atoms with Gasteiger partial charge in [-0.05, 0) is 133 Å². The monoisotopic (exact) mass is 1080 g/mol. The molecule has 6 aromatic rings. The predicted octanol–water partition coefficient (Wildman–Crippen LogP) is 19.8. The first-order chi connectivity index (χ1) is 37.2. The number of hydrogen-bond acceptors (Lipinski definition) is 10. The minimum absolute atomic E-state index is 0.196. The van der Waals surface area contributed by atoms with Crippen LogP contribution in [0.15, 0.2) is 90.5 Å². The van der Waals surface area contributed by atoms with Crippen molar-refractivity contribution in [1.82, 2.24) is 0 Å². The van der Waals surface area contributed by atoms with E-state index in [1.807, 2.05) is 17.4 Å². The number of carbonyl (C=O) groups is 1. The van der Waals surface area contributed by atoms with Gasteiger partial charge in [0.25, 0.3) is 0 Å². The summed E-state index contributed by atoms with van der Waals surface area (Å²) in [5.41, 5.74) is 6.40. The van der Waals surface area contributed by atoms with Gasteiger partial charge in [0.15, 0.2) is 11.5 Å². The van der Waals surface area contributed by atoms with Crippen molar-refractivity contribution in [3.05, 3.63) is 107 Å². The van der Waals surface area contributed by atoms with E-state index in [2.05, 4.69) is 131 Å².